The quantitative estimate of drug-likeness (QED) is 0.648. The summed E-state index contributed by atoms with van der Waals surface area (Å²) in [6.45, 7) is 2.84. The molecule has 0 aliphatic carbocycles. The van der Waals surface area contributed by atoms with E-state index >= 15 is 0 Å². The lowest BCUT2D eigenvalue weighted by Crippen LogP contribution is -2.00. The number of nitro groups is 1. The van der Waals surface area contributed by atoms with Crippen molar-refractivity contribution >= 4 is 11.4 Å². The van der Waals surface area contributed by atoms with Crippen LogP contribution in [0.15, 0.2) is 36.7 Å². The van der Waals surface area contributed by atoms with Crippen molar-refractivity contribution in [1.29, 1.82) is 0 Å². The topological polar surface area (TPSA) is 77.3 Å². The molecule has 0 aliphatic heterocycles. The van der Waals surface area contributed by atoms with E-state index in [0.29, 0.717) is 5.75 Å². The van der Waals surface area contributed by atoms with Crippen molar-refractivity contribution in [3.05, 3.63) is 52.6 Å². The molecular weight excluding hydrogens is 277 g/mol. The van der Waals surface area contributed by atoms with Crippen molar-refractivity contribution in [2.75, 3.05) is 11.9 Å². The lowest BCUT2D eigenvalue weighted by molar-refractivity contribution is -0.387. The molecule has 1 heterocycles. The van der Waals surface area contributed by atoms with Gasteiger partial charge in [0, 0.05) is 24.7 Å². The molecule has 6 nitrogen and oxygen atoms in total. The third-order valence-corrected chi connectivity index (χ3v) is 2.64. The van der Waals surface area contributed by atoms with Crippen LogP contribution < -0.4 is 10.1 Å². The summed E-state index contributed by atoms with van der Waals surface area (Å²) in [6, 6.07) is 5.11. The summed E-state index contributed by atoms with van der Waals surface area (Å²) in [7, 11) is 0. The van der Waals surface area contributed by atoms with E-state index in [0.717, 1.165) is 30.8 Å². The Balaban J connectivity index is 2.14. The van der Waals surface area contributed by atoms with E-state index in [1.165, 1.54) is 12.3 Å². The average molecular weight is 291 g/mol. The van der Waals surface area contributed by atoms with Crippen molar-refractivity contribution in [2.24, 2.45) is 0 Å². The number of pyridine rings is 1. The monoisotopic (exact) mass is 291 g/mol. The molecule has 110 valence electrons. The van der Waals surface area contributed by atoms with Gasteiger partial charge in [-0.3, -0.25) is 15.1 Å². The van der Waals surface area contributed by atoms with Crippen molar-refractivity contribution in [3.63, 3.8) is 0 Å². The molecule has 0 unspecified atom stereocenters. The molecule has 0 bridgehead atoms. The van der Waals surface area contributed by atoms with Crippen LogP contribution in [0.3, 0.4) is 0 Å². The highest BCUT2D eigenvalue weighted by Gasteiger charge is 2.14. The summed E-state index contributed by atoms with van der Waals surface area (Å²) in [5.41, 5.74) is 0.204. The molecule has 21 heavy (non-hydrogen) atoms. The SMILES string of the molecule is CCCNc1cncc(Oc2ccc([N+](=O)[O-])c(F)c2)c1. The van der Waals surface area contributed by atoms with Gasteiger partial charge in [0.2, 0.25) is 5.82 Å². The number of hydrogen-bond acceptors (Lipinski definition) is 5. The Kier molecular flexibility index (Phi) is 4.65. The second-order valence-electron chi connectivity index (χ2n) is 4.31. The molecule has 7 heteroatoms. The molecule has 0 spiro atoms. The van der Waals surface area contributed by atoms with Gasteiger partial charge in [0.05, 0.1) is 23.0 Å². The zero-order chi connectivity index (χ0) is 15.2. The van der Waals surface area contributed by atoms with Crippen LogP contribution in [-0.2, 0) is 0 Å². The van der Waals surface area contributed by atoms with E-state index in [1.54, 1.807) is 12.3 Å². The Labute approximate surface area is 120 Å². The average Bonchev–Trinajstić information content (AvgIpc) is 2.45. The van der Waals surface area contributed by atoms with Crippen LogP contribution in [0.25, 0.3) is 0 Å². The molecule has 1 N–H and O–H groups in total. The Morgan fingerprint density at radius 2 is 2.14 bits per heavy atom. The molecule has 0 radical (unpaired) electrons. The first-order chi connectivity index (χ1) is 10.1. The van der Waals surface area contributed by atoms with Crippen molar-refractivity contribution < 1.29 is 14.1 Å². The van der Waals surface area contributed by atoms with Crippen molar-refractivity contribution in [1.82, 2.24) is 4.98 Å². The number of halogens is 1. The van der Waals surface area contributed by atoms with Gasteiger partial charge in [0.25, 0.3) is 0 Å². The number of anilines is 1. The Hall–Kier alpha value is -2.70. The summed E-state index contributed by atoms with van der Waals surface area (Å²) in [5.74, 6) is -0.345. The van der Waals surface area contributed by atoms with E-state index in [1.807, 2.05) is 6.92 Å². The molecule has 0 atom stereocenters. The van der Waals surface area contributed by atoms with E-state index in [-0.39, 0.29) is 5.75 Å². The molecule has 2 aromatic rings. The van der Waals surface area contributed by atoms with Crippen LogP contribution in [-0.4, -0.2) is 16.5 Å². The number of hydrogen-bond donors (Lipinski definition) is 1. The lowest BCUT2D eigenvalue weighted by atomic mass is 10.3. The van der Waals surface area contributed by atoms with Crippen LogP contribution in [0.2, 0.25) is 0 Å². The maximum Gasteiger partial charge on any atom is 0.305 e. The fourth-order valence-electron chi connectivity index (χ4n) is 1.68. The second kappa shape index (κ2) is 6.65. The maximum atomic E-state index is 13.5. The van der Waals surface area contributed by atoms with Gasteiger partial charge in [0.1, 0.15) is 11.5 Å². The normalized spacial score (nSPS) is 10.2. The molecule has 1 aromatic carbocycles. The van der Waals surface area contributed by atoms with Gasteiger partial charge < -0.3 is 10.1 Å². The number of nitro benzene ring substituents is 1. The number of nitrogens with one attached hydrogen (secondary N) is 1. The highest BCUT2D eigenvalue weighted by atomic mass is 19.1. The lowest BCUT2D eigenvalue weighted by Gasteiger charge is -2.08. The number of rotatable bonds is 6. The molecular formula is C14H14FN3O3. The van der Waals surface area contributed by atoms with Crippen LogP contribution >= 0.6 is 0 Å². The molecule has 0 fully saturated rings. The van der Waals surface area contributed by atoms with Crippen molar-refractivity contribution in [2.45, 2.75) is 13.3 Å². The smallest absolute Gasteiger partial charge is 0.305 e. The summed E-state index contributed by atoms with van der Waals surface area (Å²) < 4.78 is 18.9. The molecule has 0 saturated heterocycles. The van der Waals surface area contributed by atoms with Crippen LogP contribution in [0.5, 0.6) is 11.5 Å². The number of aromatic nitrogens is 1. The zero-order valence-corrected chi connectivity index (χ0v) is 11.4. The van der Waals surface area contributed by atoms with E-state index in [9.17, 15) is 14.5 Å². The van der Waals surface area contributed by atoms with Crippen LogP contribution in [0.4, 0.5) is 15.8 Å². The first-order valence-electron chi connectivity index (χ1n) is 6.41. The van der Waals surface area contributed by atoms with Crippen LogP contribution in [0.1, 0.15) is 13.3 Å². The Morgan fingerprint density at radius 1 is 1.33 bits per heavy atom. The zero-order valence-electron chi connectivity index (χ0n) is 11.4. The van der Waals surface area contributed by atoms with Gasteiger partial charge in [-0.1, -0.05) is 6.92 Å². The van der Waals surface area contributed by atoms with Gasteiger partial charge in [-0.2, -0.15) is 4.39 Å². The highest BCUT2D eigenvalue weighted by molar-refractivity contribution is 5.47. The fraction of sp³-hybridized carbons (Fsp3) is 0.214. The predicted octanol–water partition coefficient (Wildman–Crippen LogP) is 3.74. The van der Waals surface area contributed by atoms with Crippen LogP contribution in [0, 0.1) is 15.9 Å². The van der Waals surface area contributed by atoms with Crippen molar-refractivity contribution in [3.8, 4) is 11.5 Å². The summed E-state index contributed by atoms with van der Waals surface area (Å²) >= 11 is 0. The summed E-state index contributed by atoms with van der Waals surface area (Å²) in [6.07, 6.45) is 4.11. The third kappa shape index (κ3) is 3.88. The first kappa shape index (κ1) is 14.7. The number of nitrogens with zero attached hydrogens (tertiary/aromatic N) is 2. The van der Waals surface area contributed by atoms with Gasteiger partial charge in [-0.15, -0.1) is 0 Å². The summed E-state index contributed by atoms with van der Waals surface area (Å²) in [5, 5.41) is 13.7. The number of benzene rings is 1. The summed E-state index contributed by atoms with van der Waals surface area (Å²) in [4.78, 5) is 13.8. The molecule has 2 rings (SSSR count). The molecule has 1 aromatic heterocycles. The van der Waals surface area contributed by atoms with Gasteiger partial charge in [0.15, 0.2) is 0 Å². The largest absolute Gasteiger partial charge is 0.456 e. The molecule has 0 saturated carbocycles. The van der Waals surface area contributed by atoms with Gasteiger partial charge in [-0.25, -0.2) is 0 Å². The predicted molar refractivity (Wildman–Crippen MR) is 76.1 cm³/mol. The first-order valence-corrected chi connectivity index (χ1v) is 6.41. The van der Waals surface area contributed by atoms with E-state index in [4.69, 9.17) is 4.74 Å². The number of ether oxygens (including phenoxy) is 1. The highest BCUT2D eigenvalue weighted by Crippen LogP contribution is 2.27. The molecule has 0 amide bonds. The maximum absolute atomic E-state index is 13.5. The minimum atomic E-state index is -0.939. The van der Waals surface area contributed by atoms with E-state index < -0.39 is 16.4 Å². The Morgan fingerprint density at radius 3 is 2.81 bits per heavy atom. The molecule has 0 aliphatic rings. The second-order valence-corrected chi connectivity index (χ2v) is 4.31. The third-order valence-electron chi connectivity index (χ3n) is 2.64. The van der Waals surface area contributed by atoms with Gasteiger partial charge >= 0.3 is 5.69 Å². The minimum Gasteiger partial charge on any atom is -0.456 e. The Bertz CT molecular complexity index is 649. The fourth-order valence-corrected chi connectivity index (χ4v) is 1.68. The standard InChI is InChI=1S/C14H14FN3O3/c1-2-5-17-10-6-12(9-16-8-10)21-11-3-4-14(18(19)20)13(15)7-11/h3-4,6-9,17H,2,5H2,1H3. The van der Waals surface area contributed by atoms with E-state index in [2.05, 4.69) is 10.3 Å². The van der Waals surface area contributed by atoms with Gasteiger partial charge in [-0.05, 0) is 12.5 Å². The minimum absolute atomic E-state index is 0.174.